The molecule has 2 heterocycles. The smallest absolute Gasteiger partial charge is 0.154 e. The van der Waals surface area contributed by atoms with E-state index in [1.165, 1.54) is 0 Å². The third-order valence-corrected chi connectivity index (χ3v) is 4.71. The molecule has 0 aliphatic heterocycles. The molecule has 0 bridgehead atoms. The highest BCUT2D eigenvalue weighted by Gasteiger charge is 2.11. The number of rotatable bonds is 3. The van der Waals surface area contributed by atoms with Gasteiger partial charge in [0, 0.05) is 17.4 Å². The molecular formula is C16H14ClN3S. The first-order valence-electron chi connectivity index (χ1n) is 6.63. The van der Waals surface area contributed by atoms with E-state index in [-0.39, 0.29) is 0 Å². The van der Waals surface area contributed by atoms with Crippen LogP contribution in [0.5, 0.6) is 0 Å². The number of hydrogen-bond donors (Lipinski definition) is 0. The summed E-state index contributed by atoms with van der Waals surface area (Å²) in [6.45, 7) is 3.99. The minimum Gasteiger partial charge on any atom is -0.241 e. The summed E-state index contributed by atoms with van der Waals surface area (Å²) >= 11 is 7.63. The highest BCUT2D eigenvalue weighted by atomic mass is 35.5. The third kappa shape index (κ3) is 2.96. The summed E-state index contributed by atoms with van der Waals surface area (Å²) in [6.07, 6.45) is 0.689. The predicted molar refractivity (Wildman–Crippen MR) is 86.9 cm³/mol. The van der Waals surface area contributed by atoms with Crippen molar-refractivity contribution in [3.8, 4) is 11.3 Å². The van der Waals surface area contributed by atoms with Crippen LogP contribution in [-0.2, 0) is 6.42 Å². The second kappa shape index (κ2) is 5.92. The Morgan fingerprint density at radius 1 is 1.05 bits per heavy atom. The van der Waals surface area contributed by atoms with Crippen LogP contribution in [0.3, 0.4) is 0 Å². The van der Waals surface area contributed by atoms with E-state index in [2.05, 4.69) is 32.7 Å². The van der Waals surface area contributed by atoms with Gasteiger partial charge in [-0.05, 0) is 25.0 Å². The van der Waals surface area contributed by atoms with Crippen LogP contribution in [0.15, 0.2) is 35.7 Å². The molecule has 2 aromatic heterocycles. The Kier molecular flexibility index (Phi) is 3.99. The summed E-state index contributed by atoms with van der Waals surface area (Å²) in [5.41, 5.74) is 5.15. The van der Waals surface area contributed by atoms with Crippen molar-refractivity contribution in [3.05, 3.63) is 62.7 Å². The molecule has 3 aromatic rings. The zero-order valence-electron chi connectivity index (χ0n) is 11.8. The monoisotopic (exact) mass is 315 g/mol. The van der Waals surface area contributed by atoms with E-state index in [1.807, 2.05) is 32.0 Å². The molecule has 1 aromatic carbocycles. The number of nitrogens with zero attached hydrogens (tertiary/aromatic N) is 3. The fraction of sp³-hybridized carbons (Fsp3) is 0.188. The second-order valence-electron chi connectivity index (χ2n) is 4.86. The number of hydrogen-bond acceptors (Lipinski definition) is 4. The molecule has 0 aliphatic rings. The van der Waals surface area contributed by atoms with E-state index in [9.17, 15) is 0 Å². The summed E-state index contributed by atoms with van der Waals surface area (Å²) in [5, 5.41) is 11.8. The van der Waals surface area contributed by atoms with Gasteiger partial charge in [0.2, 0.25) is 0 Å². The molecule has 0 amide bonds. The Morgan fingerprint density at radius 2 is 1.81 bits per heavy atom. The molecular weight excluding hydrogens is 302 g/mol. The van der Waals surface area contributed by atoms with Crippen LogP contribution in [0.25, 0.3) is 11.3 Å². The van der Waals surface area contributed by atoms with Crippen LogP contribution in [-0.4, -0.2) is 15.2 Å². The minimum absolute atomic E-state index is 0.473. The number of thiazole rings is 1. The zero-order chi connectivity index (χ0) is 14.8. The molecule has 0 fully saturated rings. The summed E-state index contributed by atoms with van der Waals surface area (Å²) in [6, 6.07) is 10.2. The van der Waals surface area contributed by atoms with Crippen molar-refractivity contribution >= 4 is 22.9 Å². The SMILES string of the molecule is Cc1c(Cl)nnc(Cc2nc(-c3ccccc3)cs2)c1C. The summed E-state index contributed by atoms with van der Waals surface area (Å²) < 4.78 is 0. The predicted octanol–water partition coefficient (Wildman–Crippen LogP) is 4.46. The first kappa shape index (κ1) is 14.2. The van der Waals surface area contributed by atoms with Crippen LogP contribution < -0.4 is 0 Å². The van der Waals surface area contributed by atoms with Gasteiger partial charge in [0.25, 0.3) is 0 Å². The fourth-order valence-electron chi connectivity index (χ4n) is 2.07. The van der Waals surface area contributed by atoms with E-state index in [1.54, 1.807) is 11.3 Å². The van der Waals surface area contributed by atoms with E-state index in [0.29, 0.717) is 11.6 Å². The molecule has 0 aliphatic carbocycles. The van der Waals surface area contributed by atoms with Crippen molar-refractivity contribution in [2.45, 2.75) is 20.3 Å². The highest BCUT2D eigenvalue weighted by molar-refractivity contribution is 7.10. The van der Waals surface area contributed by atoms with E-state index >= 15 is 0 Å². The molecule has 0 N–H and O–H groups in total. The average molecular weight is 316 g/mol. The molecule has 0 saturated heterocycles. The molecule has 106 valence electrons. The Labute approximate surface area is 132 Å². The Bertz CT molecular complexity index is 768. The number of halogens is 1. The average Bonchev–Trinajstić information content (AvgIpc) is 2.97. The lowest BCUT2D eigenvalue weighted by atomic mass is 10.1. The highest BCUT2D eigenvalue weighted by Crippen LogP contribution is 2.24. The third-order valence-electron chi connectivity index (χ3n) is 3.50. The normalized spacial score (nSPS) is 10.8. The first-order chi connectivity index (χ1) is 10.1. The quantitative estimate of drug-likeness (QED) is 0.716. The zero-order valence-corrected chi connectivity index (χ0v) is 13.4. The Morgan fingerprint density at radius 3 is 2.57 bits per heavy atom. The van der Waals surface area contributed by atoms with Gasteiger partial charge < -0.3 is 0 Å². The van der Waals surface area contributed by atoms with E-state index < -0.39 is 0 Å². The molecule has 3 nitrogen and oxygen atoms in total. The molecule has 0 spiro atoms. The van der Waals surface area contributed by atoms with Crippen molar-refractivity contribution in [2.24, 2.45) is 0 Å². The van der Waals surface area contributed by atoms with E-state index in [0.717, 1.165) is 33.1 Å². The molecule has 0 atom stereocenters. The first-order valence-corrected chi connectivity index (χ1v) is 7.89. The van der Waals surface area contributed by atoms with Crippen LogP contribution in [0.4, 0.5) is 0 Å². The van der Waals surface area contributed by atoms with Gasteiger partial charge in [0.1, 0.15) is 0 Å². The largest absolute Gasteiger partial charge is 0.241 e. The second-order valence-corrected chi connectivity index (χ2v) is 6.16. The lowest BCUT2D eigenvalue weighted by Gasteiger charge is -2.06. The van der Waals surface area contributed by atoms with Gasteiger partial charge in [-0.3, -0.25) is 0 Å². The number of benzene rings is 1. The standard InChI is InChI=1S/C16H14ClN3S/c1-10-11(2)16(17)20-19-13(10)8-15-18-14(9-21-15)12-6-4-3-5-7-12/h3-7,9H,8H2,1-2H3. The molecule has 5 heteroatoms. The maximum absolute atomic E-state index is 5.99. The van der Waals surface area contributed by atoms with Crippen molar-refractivity contribution in [2.75, 3.05) is 0 Å². The molecule has 0 unspecified atom stereocenters. The van der Waals surface area contributed by atoms with Gasteiger partial charge in [0.05, 0.1) is 16.4 Å². The Balaban J connectivity index is 1.87. The molecule has 3 rings (SSSR count). The van der Waals surface area contributed by atoms with Crippen LogP contribution in [0, 0.1) is 13.8 Å². The van der Waals surface area contributed by atoms with Crippen molar-refractivity contribution in [1.82, 2.24) is 15.2 Å². The summed E-state index contributed by atoms with van der Waals surface area (Å²) in [5.74, 6) is 0. The fourth-order valence-corrected chi connectivity index (χ4v) is 3.06. The lowest BCUT2D eigenvalue weighted by molar-refractivity contribution is 0.901. The number of aromatic nitrogens is 3. The summed E-state index contributed by atoms with van der Waals surface area (Å²) in [4.78, 5) is 4.69. The van der Waals surface area contributed by atoms with Crippen LogP contribution >= 0.6 is 22.9 Å². The van der Waals surface area contributed by atoms with Gasteiger partial charge in [-0.15, -0.1) is 16.4 Å². The molecule has 0 radical (unpaired) electrons. The Hall–Kier alpha value is -1.78. The van der Waals surface area contributed by atoms with Crippen LogP contribution in [0.1, 0.15) is 21.8 Å². The van der Waals surface area contributed by atoms with Gasteiger partial charge >= 0.3 is 0 Å². The van der Waals surface area contributed by atoms with Crippen LogP contribution in [0.2, 0.25) is 5.15 Å². The van der Waals surface area contributed by atoms with Gasteiger partial charge in [0.15, 0.2) is 5.15 Å². The van der Waals surface area contributed by atoms with Crippen molar-refractivity contribution < 1.29 is 0 Å². The maximum Gasteiger partial charge on any atom is 0.154 e. The summed E-state index contributed by atoms with van der Waals surface area (Å²) in [7, 11) is 0. The maximum atomic E-state index is 5.99. The van der Waals surface area contributed by atoms with Gasteiger partial charge in [-0.1, -0.05) is 41.9 Å². The van der Waals surface area contributed by atoms with Crippen molar-refractivity contribution in [1.29, 1.82) is 0 Å². The van der Waals surface area contributed by atoms with Gasteiger partial charge in [-0.25, -0.2) is 4.98 Å². The molecule has 0 saturated carbocycles. The van der Waals surface area contributed by atoms with Gasteiger partial charge in [-0.2, -0.15) is 5.10 Å². The van der Waals surface area contributed by atoms with Crippen molar-refractivity contribution in [3.63, 3.8) is 0 Å². The van der Waals surface area contributed by atoms with E-state index in [4.69, 9.17) is 11.6 Å². The topological polar surface area (TPSA) is 38.7 Å². The molecule has 21 heavy (non-hydrogen) atoms. The minimum atomic E-state index is 0.473. The lowest BCUT2D eigenvalue weighted by Crippen LogP contribution is -2.01.